The van der Waals surface area contributed by atoms with E-state index in [4.69, 9.17) is 0 Å². The molecule has 0 spiro atoms. The Labute approximate surface area is 112 Å². The summed E-state index contributed by atoms with van der Waals surface area (Å²) in [5, 5.41) is 0. The molecule has 0 aliphatic heterocycles. The third-order valence-electron chi connectivity index (χ3n) is 1.16. The smallest absolute Gasteiger partial charge is 0.174 e. The molecule has 6 heteroatoms. The van der Waals surface area contributed by atoms with Gasteiger partial charge in [-0.2, -0.15) is 0 Å². The van der Waals surface area contributed by atoms with Gasteiger partial charge in [0.2, 0.25) is 0 Å². The molecule has 0 saturated carbocycles. The molecule has 1 rings (SSSR count). The molecule has 1 aromatic carbocycles. The minimum Gasteiger partial charge on any atom is -0.202 e. The lowest BCUT2D eigenvalue weighted by molar-refractivity contribution is 0.497. The quantitative estimate of drug-likeness (QED) is 0.263. The van der Waals surface area contributed by atoms with E-state index in [1.165, 1.54) is 0 Å². The Morgan fingerprint density at radius 3 is 1.33 bits per heavy atom. The molecule has 0 amide bonds. The molecular weight excluding hydrogens is 524 g/mol. The van der Waals surface area contributed by atoms with Gasteiger partial charge in [-0.25, -0.2) is 8.78 Å². The zero-order valence-electron chi connectivity index (χ0n) is 5.27. The summed E-state index contributed by atoms with van der Waals surface area (Å²) in [7, 11) is 0. The van der Waals surface area contributed by atoms with Crippen molar-refractivity contribution in [2.45, 2.75) is 0 Å². The van der Waals surface area contributed by atoms with E-state index in [1.807, 2.05) is 0 Å². The molecule has 0 aliphatic carbocycles. The molecule has 0 bridgehead atoms. The van der Waals surface area contributed by atoms with Crippen molar-refractivity contribution in [3.63, 3.8) is 0 Å². The van der Waals surface area contributed by atoms with Crippen molar-refractivity contribution in [3.8, 4) is 0 Å². The summed E-state index contributed by atoms with van der Waals surface area (Å²) in [5.41, 5.74) is 0. The monoisotopic (exact) mass is 522 g/mol. The summed E-state index contributed by atoms with van der Waals surface area (Å²) in [6.07, 6.45) is 0. The van der Waals surface area contributed by atoms with Crippen LogP contribution in [0.25, 0.3) is 0 Å². The number of rotatable bonds is 0. The van der Waals surface area contributed by atoms with Crippen LogP contribution in [0.4, 0.5) is 8.78 Å². The van der Waals surface area contributed by atoms with Crippen LogP contribution in [0.15, 0.2) is 8.95 Å². The van der Waals surface area contributed by atoms with Crippen LogP contribution in [0.1, 0.15) is 0 Å². The number of hydrogen-bond donors (Lipinski definition) is 0. The van der Waals surface area contributed by atoms with Crippen LogP contribution in [0.5, 0.6) is 0 Å². The van der Waals surface area contributed by atoms with E-state index >= 15 is 0 Å². The first kappa shape index (κ1) is 11.6. The second-order valence-electron chi connectivity index (χ2n) is 1.88. The van der Waals surface area contributed by atoms with Crippen molar-refractivity contribution in [1.29, 1.82) is 0 Å². The molecule has 0 aromatic heterocycles. The molecule has 0 aliphatic rings. The summed E-state index contributed by atoms with van der Waals surface area (Å²) in [6.45, 7) is 0. The van der Waals surface area contributed by atoms with Gasteiger partial charge in [0, 0.05) is 8.95 Å². The molecule has 66 valence electrons. The highest BCUT2D eigenvalue weighted by molar-refractivity contribution is 14.1. The SMILES string of the molecule is Fc1c(F)c(I)c(Br)c(Br)c1I. The summed E-state index contributed by atoms with van der Waals surface area (Å²) in [5.74, 6) is -1.62. The molecule has 0 radical (unpaired) electrons. The average molecular weight is 524 g/mol. The minimum absolute atomic E-state index is 0.248. The molecule has 0 saturated heterocycles. The number of halogens is 6. The van der Waals surface area contributed by atoms with Crippen LogP contribution >= 0.6 is 77.0 Å². The lowest BCUT2D eigenvalue weighted by atomic mass is 10.3. The molecule has 0 atom stereocenters. The van der Waals surface area contributed by atoms with E-state index in [0.717, 1.165) is 0 Å². The molecule has 0 nitrogen and oxygen atoms in total. The van der Waals surface area contributed by atoms with Crippen molar-refractivity contribution in [1.82, 2.24) is 0 Å². The zero-order chi connectivity index (χ0) is 9.46. The number of hydrogen-bond acceptors (Lipinski definition) is 0. The van der Waals surface area contributed by atoms with Gasteiger partial charge in [-0.3, -0.25) is 0 Å². The fourth-order valence-corrected chi connectivity index (χ4v) is 3.08. The predicted octanol–water partition coefficient (Wildman–Crippen LogP) is 4.70. The molecule has 0 heterocycles. The summed E-state index contributed by atoms with van der Waals surface area (Å²) in [6, 6.07) is 0. The van der Waals surface area contributed by atoms with Gasteiger partial charge in [-0.05, 0) is 77.0 Å². The van der Waals surface area contributed by atoms with Crippen molar-refractivity contribution in [2.24, 2.45) is 0 Å². The van der Waals surface area contributed by atoms with E-state index < -0.39 is 11.6 Å². The largest absolute Gasteiger partial charge is 0.202 e. The predicted molar refractivity (Wildman–Crippen MR) is 67.2 cm³/mol. The Bertz CT molecular complexity index is 236. The first-order valence-corrected chi connectivity index (χ1v) is 6.38. The normalized spacial score (nSPS) is 10.5. The Kier molecular flexibility index (Phi) is 4.19. The lowest BCUT2D eigenvalue weighted by Gasteiger charge is -2.05. The van der Waals surface area contributed by atoms with Gasteiger partial charge in [-0.15, -0.1) is 0 Å². The van der Waals surface area contributed by atoms with Crippen LogP contribution in [0.3, 0.4) is 0 Å². The van der Waals surface area contributed by atoms with Gasteiger partial charge < -0.3 is 0 Å². The average Bonchev–Trinajstić information content (AvgIpc) is 2.08. The molecule has 0 unspecified atom stereocenters. The van der Waals surface area contributed by atoms with Crippen LogP contribution < -0.4 is 0 Å². The van der Waals surface area contributed by atoms with Crippen LogP contribution in [0.2, 0.25) is 0 Å². The van der Waals surface area contributed by atoms with Crippen molar-refractivity contribution < 1.29 is 8.78 Å². The van der Waals surface area contributed by atoms with Gasteiger partial charge >= 0.3 is 0 Å². The number of benzene rings is 1. The van der Waals surface area contributed by atoms with Gasteiger partial charge in [0.15, 0.2) is 11.6 Å². The van der Waals surface area contributed by atoms with Gasteiger partial charge in [-0.1, -0.05) is 0 Å². The Morgan fingerprint density at radius 2 is 1.08 bits per heavy atom. The molecule has 0 N–H and O–H groups in total. The minimum atomic E-state index is -0.810. The maximum atomic E-state index is 13.0. The van der Waals surface area contributed by atoms with Gasteiger partial charge in [0.05, 0.1) is 7.14 Å². The summed E-state index contributed by atoms with van der Waals surface area (Å²) in [4.78, 5) is 0. The third-order valence-corrected chi connectivity index (χ3v) is 6.78. The maximum Gasteiger partial charge on any atom is 0.174 e. The maximum absolute atomic E-state index is 13.0. The third kappa shape index (κ3) is 1.95. The van der Waals surface area contributed by atoms with Crippen LogP contribution in [-0.4, -0.2) is 0 Å². The van der Waals surface area contributed by atoms with E-state index in [0.29, 0.717) is 8.95 Å². The van der Waals surface area contributed by atoms with E-state index in [9.17, 15) is 8.78 Å². The molecule has 1 aromatic rings. The van der Waals surface area contributed by atoms with Crippen molar-refractivity contribution >= 4 is 77.0 Å². The Hall–Kier alpha value is 1.50. The zero-order valence-corrected chi connectivity index (χ0v) is 12.8. The van der Waals surface area contributed by atoms with Crippen molar-refractivity contribution in [3.05, 3.63) is 27.7 Å². The topological polar surface area (TPSA) is 0 Å². The molecule has 12 heavy (non-hydrogen) atoms. The fraction of sp³-hybridized carbons (Fsp3) is 0. The first-order chi connectivity index (χ1) is 5.46. The van der Waals surface area contributed by atoms with E-state index in [2.05, 4.69) is 31.9 Å². The first-order valence-electron chi connectivity index (χ1n) is 2.63. The van der Waals surface area contributed by atoms with Crippen LogP contribution in [-0.2, 0) is 0 Å². The second kappa shape index (κ2) is 4.35. The fourth-order valence-electron chi connectivity index (χ4n) is 0.578. The highest BCUT2D eigenvalue weighted by Gasteiger charge is 2.18. The van der Waals surface area contributed by atoms with E-state index in [1.54, 1.807) is 45.2 Å². The van der Waals surface area contributed by atoms with Crippen molar-refractivity contribution in [2.75, 3.05) is 0 Å². The van der Waals surface area contributed by atoms with E-state index in [-0.39, 0.29) is 7.14 Å². The highest BCUT2D eigenvalue weighted by Crippen LogP contribution is 2.35. The van der Waals surface area contributed by atoms with Crippen LogP contribution in [0, 0.1) is 18.8 Å². The highest BCUT2D eigenvalue weighted by atomic mass is 127. The summed E-state index contributed by atoms with van der Waals surface area (Å²) >= 11 is 9.78. The lowest BCUT2D eigenvalue weighted by Crippen LogP contribution is -1.96. The Morgan fingerprint density at radius 1 is 0.833 bits per heavy atom. The van der Waals surface area contributed by atoms with Gasteiger partial charge in [0.1, 0.15) is 0 Å². The summed E-state index contributed by atoms with van der Waals surface area (Å²) < 4.78 is 27.6. The molecular formula is C6Br2F2I2. The Balaban J connectivity index is 3.60. The standard InChI is InChI=1S/C6Br2F2I2/c7-1-2(8)6(12)4(10)3(9)5(1)11. The molecule has 0 fully saturated rings. The van der Waals surface area contributed by atoms with Gasteiger partial charge in [0.25, 0.3) is 0 Å². The second-order valence-corrected chi connectivity index (χ2v) is 5.63.